The van der Waals surface area contributed by atoms with Crippen LogP contribution < -0.4 is 5.32 Å². The van der Waals surface area contributed by atoms with Crippen molar-refractivity contribution in [3.8, 4) is 0 Å². The van der Waals surface area contributed by atoms with Gasteiger partial charge in [-0.05, 0) is 49.1 Å². The Morgan fingerprint density at radius 1 is 1.24 bits per heavy atom. The van der Waals surface area contributed by atoms with E-state index in [1.807, 2.05) is 24.4 Å². The molecule has 0 fully saturated rings. The Bertz CT molecular complexity index is 572. The number of H-pyrrole nitrogens is 1. The van der Waals surface area contributed by atoms with E-state index in [0.29, 0.717) is 6.42 Å². The molecule has 2 N–H and O–H groups in total. The minimum absolute atomic E-state index is 0.0976. The molecule has 0 atom stereocenters. The summed E-state index contributed by atoms with van der Waals surface area (Å²) >= 11 is 0. The fraction of sp³-hybridized carbons (Fsp3) is 0.471. The standard InChI is InChI=1S/C17H25N3O/c1-3-20(4-2)11-5-9-19-17(21)13-14-6-7-15-8-10-18-16(15)12-14/h6-8,10,12,18H,3-5,9,11,13H2,1-2H3,(H,19,21). The van der Waals surface area contributed by atoms with Crippen molar-refractivity contribution in [3.05, 3.63) is 36.0 Å². The largest absolute Gasteiger partial charge is 0.361 e. The van der Waals surface area contributed by atoms with Crippen molar-refractivity contribution in [3.63, 3.8) is 0 Å². The summed E-state index contributed by atoms with van der Waals surface area (Å²) in [5.41, 5.74) is 2.13. The van der Waals surface area contributed by atoms with Crippen molar-refractivity contribution >= 4 is 16.8 Å². The van der Waals surface area contributed by atoms with Gasteiger partial charge in [0, 0.05) is 18.3 Å². The van der Waals surface area contributed by atoms with Crippen LogP contribution in [0.4, 0.5) is 0 Å². The van der Waals surface area contributed by atoms with Crippen molar-refractivity contribution in [2.75, 3.05) is 26.2 Å². The van der Waals surface area contributed by atoms with Gasteiger partial charge in [-0.15, -0.1) is 0 Å². The maximum Gasteiger partial charge on any atom is 0.224 e. The third kappa shape index (κ3) is 4.60. The molecular formula is C17H25N3O. The van der Waals surface area contributed by atoms with E-state index in [2.05, 4.69) is 35.1 Å². The fourth-order valence-corrected chi connectivity index (χ4v) is 2.52. The molecule has 4 nitrogen and oxygen atoms in total. The van der Waals surface area contributed by atoms with E-state index >= 15 is 0 Å². The van der Waals surface area contributed by atoms with Gasteiger partial charge in [0.05, 0.1) is 6.42 Å². The minimum Gasteiger partial charge on any atom is -0.361 e. The zero-order chi connectivity index (χ0) is 15.1. The lowest BCUT2D eigenvalue weighted by Crippen LogP contribution is -2.30. The SMILES string of the molecule is CCN(CC)CCCNC(=O)Cc1ccc2cc[nH]c2c1. The van der Waals surface area contributed by atoms with Gasteiger partial charge in [0.2, 0.25) is 5.91 Å². The van der Waals surface area contributed by atoms with Crippen LogP contribution in [0.5, 0.6) is 0 Å². The molecule has 0 bridgehead atoms. The van der Waals surface area contributed by atoms with Crippen molar-refractivity contribution in [2.45, 2.75) is 26.7 Å². The number of hydrogen-bond donors (Lipinski definition) is 2. The number of aromatic nitrogens is 1. The molecule has 21 heavy (non-hydrogen) atoms. The average molecular weight is 287 g/mol. The Hall–Kier alpha value is -1.81. The molecule has 0 radical (unpaired) electrons. The number of nitrogens with zero attached hydrogens (tertiary/aromatic N) is 1. The molecule has 0 aliphatic heterocycles. The first-order chi connectivity index (χ1) is 10.2. The molecule has 0 unspecified atom stereocenters. The average Bonchev–Trinajstić information content (AvgIpc) is 2.95. The van der Waals surface area contributed by atoms with Crippen LogP contribution in [-0.2, 0) is 11.2 Å². The maximum atomic E-state index is 11.9. The highest BCUT2D eigenvalue weighted by Crippen LogP contribution is 2.14. The van der Waals surface area contributed by atoms with Gasteiger partial charge in [0.15, 0.2) is 0 Å². The number of benzene rings is 1. The smallest absolute Gasteiger partial charge is 0.224 e. The molecule has 1 aromatic heterocycles. The van der Waals surface area contributed by atoms with Crippen LogP contribution in [0.2, 0.25) is 0 Å². The lowest BCUT2D eigenvalue weighted by Gasteiger charge is -2.17. The van der Waals surface area contributed by atoms with Crippen LogP contribution in [0.15, 0.2) is 30.5 Å². The van der Waals surface area contributed by atoms with Crippen LogP contribution in [-0.4, -0.2) is 42.0 Å². The van der Waals surface area contributed by atoms with Crippen LogP contribution in [0.1, 0.15) is 25.8 Å². The Morgan fingerprint density at radius 3 is 2.81 bits per heavy atom. The molecule has 1 amide bonds. The molecular weight excluding hydrogens is 262 g/mol. The van der Waals surface area contributed by atoms with E-state index in [0.717, 1.165) is 43.7 Å². The molecule has 0 aliphatic rings. The summed E-state index contributed by atoms with van der Waals surface area (Å²) < 4.78 is 0. The van der Waals surface area contributed by atoms with Gasteiger partial charge >= 0.3 is 0 Å². The third-order valence-electron chi connectivity index (χ3n) is 3.85. The molecule has 0 saturated heterocycles. The van der Waals surface area contributed by atoms with Crippen molar-refractivity contribution < 1.29 is 4.79 Å². The normalized spacial score (nSPS) is 11.2. The highest BCUT2D eigenvalue weighted by molar-refractivity contribution is 5.83. The minimum atomic E-state index is 0.0976. The van der Waals surface area contributed by atoms with Crippen molar-refractivity contribution in [2.24, 2.45) is 0 Å². The number of nitrogens with one attached hydrogen (secondary N) is 2. The molecule has 0 aliphatic carbocycles. The maximum absolute atomic E-state index is 11.9. The van der Waals surface area contributed by atoms with Crippen LogP contribution in [0.3, 0.4) is 0 Å². The summed E-state index contributed by atoms with van der Waals surface area (Å²) in [4.78, 5) is 17.5. The number of hydrogen-bond acceptors (Lipinski definition) is 2. The summed E-state index contributed by atoms with van der Waals surface area (Å²) in [6.07, 6.45) is 3.37. The van der Waals surface area contributed by atoms with Crippen LogP contribution >= 0.6 is 0 Å². The van der Waals surface area contributed by atoms with Gasteiger partial charge in [-0.1, -0.05) is 26.0 Å². The van der Waals surface area contributed by atoms with E-state index in [1.165, 1.54) is 5.39 Å². The van der Waals surface area contributed by atoms with Crippen LogP contribution in [0, 0.1) is 0 Å². The Morgan fingerprint density at radius 2 is 2.05 bits per heavy atom. The number of amides is 1. The zero-order valence-electron chi connectivity index (χ0n) is 13.0. The second kappa shape index (κ2) is 7.84. The van der Waals surface area contributed by atoms with Gasteiger partial charge in [0.25, 0.3) is 0 Å². The monoisotopic (exact) mass is 287 g/mol. The molecule has 0 saturated carbocycles. The van der Waals surface area contributed by atoms with E-state index in [1.54, 1.807) is 0 Å². The Labute approximate surface area is 126 Å². The van der Waals surface area contributed by atoms with E-state index in [-0.39, 0.29) is 5.91 Å². The third-order valence-corrected chi connectivity index (χ3v) is 3.85. The Balaban J connectivity index is 1.74. The summed E-state index contributed by atoms with van der Waals surface area (Å²) in [7, 11) is 0. The number of aromatic amines is 1. The lowest BCUT2D eigenvalue weighted by atomic mass is 10.1. The summed E-state index contributed by atoms with van der Waals surface area (Å²) in [5.74, 6) is 0.0976. The highest BCUT2D eigenvalue weighted by atomic mass is 16.1. The van der Waals surface area contributed by atoms with Crippen molar-refractivity contribution in [1.82, 2.24) is 15.2 Å². The first-order valence-electron chi connectivity index (χ1n) is 7.78. The fourth-order valence-electron chi connectivity index (χ4n) is 2.52. The highest BCUT2D eigenvalue weighted by Gasteiger charge is 2.05. The van der Waals surface area contributed by atoms with Gasteiger partial charge in [-0.3, -0.25) is 4.79 Å². The summed E-state index contributed by atoms with van der Waals surface area (Å²) in [6, 6.07) is 8.15. The second-order valence-electron chi connectivity index (χ2n) is 5.31. The van der Waals surface area contributed by atoms with E-state index < -0.39 is 0 Å². The number of carbonyl (C=O) groups is 1. The molecule has 114 valence electrons. The van der Waals surface area contributed by atoms with E-state index in [4.69, 9.17) is 0 Å². The molecule has 4 heteroatoms. The molecule has 2 rings (SSSR count). The lowest BCUT2D eigenvalue weighted by molar-refractivity contribution is -0.120. The molecule has 1 aromatic carbocycles. The summed E-state index contributed by atoms with van der Waals surface area (Å²) in [6.45, 7) is 8.26. The second-order valence-corrected chi connectivity index (χ2v) is 5.31. The van der Waals surface area contributed by atoms with Gasteiger partial charge < -0.3 is 15.2 Å². The van der Waals surface area contributed by atoms with Gasteiger partial charge in [0.1, 0.15) is 0 Å². The number of rotatable bonds is 8. The molecule has 0 spiro atoms. The predicted molar refractivity (Wildman–Crippen MR) is 87.4 cm³/mol. The van der Waals surface area contributed by atoms with Crippen molar-refractivity contribution in [1.29, 1.82) is 0 Å². The predicted octanol–water partition coefficient (Wildman–Crippen LogP) is 2.56. The van der Waals surface area contributed by atoms with Gasteiger partial charge in [-0.2, -0.15) is 0 Å². The number of carbonyl (C=O) groups excluding carboxylic acids is 1. The molecule has 1 heterocycles. The number of fused-ring (bicyclic) bond motifs is 1. The first kappa shape index (κ1) is 15.6. The van der Waals surface area contributed by atoms with E-state index in [9.17, 15) is 4.79 Å². The first-order valence-corrected chi connectivity index (χ1v) is 7.78. The van der Waals surface area contributed by atoms with Gasteiger partial charge in [-0.25, -0.2) is 0 Å². The zero-order valence-corrected chi connectivity index (χ0v) is 13.0. The summed E-state index contributed by atoms with van der Waals surface area (Å²) in [5, 5.41) is 4.18. The quantitative estimate of drug-likeness (QED) is 0.733. The molecule has 2 aromatic rings. The topological polar surface area (TPSA) is 48.1 Å². The van der Waals surface area contributed by atoms with Crippen LogP contribution in [0.25, 0.3) is 10.9 Å². The Kier molecular flexibility index (Phi) is 5.81.